The fourth-order valence-corrected chi connectivity index (χ4v) is 5.53. The Labute approximate surface area is 236 Å². The largest absolute Gasteiger partial charge is 0.488 e. The number of benzene rings is 2. The van der Waals surface area contributed by atoms with E-state index in [9.17, 15) is 14.4 Å². The first-order chi connectivity index (χ1) is 18.9. The second-order valence-corrected chi connectivity index (χ2v) is 11.7. The molecule has 0 bridgehead atoms. The molecular weight excluding hydrogens is 513 g/mol. The quantitative estimate of drug-likeness (QED) is 0.374. The van der Waals surface area contributed by atoms with Crippen LogP contribution in [0.5, 0.6) is 5.75 Å². The van der Waals surface area contributed by atoms with Gasteiger partial charge in [0.1, 0.15) is 30.5 Å². The summed E-state index contributed by atoms with van der Waals surface area (Å²) in [6.45, 7) is 12.4. The molecule has 1 aliphatic rings. The van der Waals surface area contributed by atoms with E-state index in [0.29, 0.717) is 29.8 Å². The predicted molar refractivity (Wildman–Crippen MR) is 151 cm³/mol. The Balaban J connectivity index is 1.73. The van der Waals surface area contributed by atoms with Gasteiger partial charge in [-0.05, 0) is 64.3 Å². The lowest BCUT2D eigenvalue weighted by Crippen LogP contribution is -2.56. The standard InChI is InChI=1S/C31H42FN3O5/c1-22-9-7-11-28(25(22)17-35(21-37)27(10-8-14-36)29(38)33-6)39-18-24-13-12-23(15-26(24)32)16-34-19-30(2,3)40-31(4,5)20-34/h7,9,11-15,21,27H,8,10,16-20H2,1-6H3,(H,33,38). The second kappa shape index (κ2) is 13.4. The van der Waals surface area contributed by atoms with Gasteiger partial charge >= 0.3 is 0 Å². The minimum absolute atomic E-state index is 0.00525. The number of nitrogens with zero attached hydrogens (tertiary/aromatic N) is 2. The molecule has 1 fully saturated rings. The third kappa shape index (κ3) is 8.35. The number of aryl methyl sites for hydroxylation is 1. The van der Waals surface area contributed by atoms with Crippen molar-refractivity contribution in [1.29, 1.82) is 0 Å². The number of carbonyl (C=O) groups is 3. The molecule has 0 aromatic heterocycles. The molecule has 9 heteroatoms. The molecule has 1 unspecified atom stereocenters. The summed E-state index contributed by atoms with van der Waals surface area (Å²) in [5, 5.41) is 2.56. The van der Waals surface area contributed by atoms with E-state index < -0.39 is 6.04 Å². The zero-order valence-corrected chi connectivity index (χ0v) is 24.5. The Kier molecular flexibility index (Phi) is 10.4. The Hall–Kier alpha value is -3.30. The zero-order valence-electron chi connectivity index (χ0n) is 24.5. The molecule has 0 radical (unpaired) electrons. The summed E-state index contributed by atoms with van der Waals surface area (Å²) in [5.41, 5.74) is 2.30. The van der Waals surface area contributed by atoms with Crippen molar-refractivity contribution in [3.8, 4) is 5.75 Å². The molecule has 1 saturated heterocycles. The number of amides is 2. The number of morpholine rings is 1. The Bertz CT molecular complexity index is 1180. The molecule has 1 aliphatic heterocycles. The van der Waals surface area contributed by atoms with Crippen molar-refractivity contribution in [2.45, 2.75) is 84.4 Å². The summed E-state index contributed by atoms with van der Waals surface area (Å²) >= 11 is 0. The van der Waals surface area contributed by atoms with Crippen LogP contribution in [-0.2, 0) is 38.8 Å². The maximum absolute atomic E-state index is 15.2. The van der Waals surface area contributed by atoms with Crippen molar-refractivity contribution in [2.24, 2.45) is 0 Å². The maximum atomic E-state index is 15.2. The normalized spacial score (nSPS) is 17.1. The van der Waals surface area contributed by atoms with Crippen molar-refractivity contribution in [1.82, 2.24) is 15.1 Å². The molecule has 3 rings (SSSR count). The van der Waals surface area contributed by atoms with E-state index in [-0.39, 0.29) is 48.9 Å². The molecule has 8 nitrogen and oxygen atoms in total. The molecule has 2 amide bonds. The fraction of sp³-hybridized carbons (Fsp3) is 0.516. The fourth-order valence-electron chi connectivity index (χ4n) is 5.53. The van der Waals surface area contributed by atoms with Crippen LogP contribution in [0.2, 0.25) is 0 Å². The third-order valence-electron chi connectivity index (χ3n) is 7.02. The highest BCUT2D eigenvalue weighted by molar-refractivity contribution is 5.83. The van der Waals surface area contributed by atoms with Gasteiger partial charge in [-0.2, -0.15) is 0 Å². The average molecular weight is 556 g/mol. The first kappa shape index (κ1) is 31.2. The Morgan fingerprint density at radius 3 is 2.48 bits per heavy atom. The number of halogens is 1. The van der Waals surface area contributed by atoms with Gasteiger partial charge in [-0.25, -0.2) is 4.39 Å². The first-order valence-corrected chi connectivity index (χ1v) is 13.7. The minimum Gasteiger partial charge on any atom is -0.488 e. The molecule has 2 aromatic rings. The molecule has 0 spiro atoms. The van der Waals surface area contributed by atoms with E-state index >= 15 is 4.39 Å². The Morgan fingerprint density at radius 1 is 1.18 bits per heavy atom. The minimum atomic E-state index is -0.798. The van der Waals surface area contributed by atoms with Crippen LogP contribution in [0.25, 0.3) is 0 Å². The molecule has 1 atom stereocenters. The molecule has 40 heavy (non-hydrogen) atoms. The number of nitrogens with one attached hydrogen (secondary N) is 1. The van der Waals surface area contributed by atoms with Crippen LogP contribution in [0.4, 0.5) is 4.39 Å². The predicted octanol–water partition coefficient (Wildman–Crippen LogP) is 4.15. The van der Waals surface area contributed by atoms with Crippen LogP contribution in [-0.4, -0.2) is 65.8 Å². The van der Waals surface area contributed by atoms with Crippen molar-refractivity contribution in [2.75, 3.05) is 20.1 Å². The van der Waals surface area contributed by atoms with E-state index in [1.807, 2.05) is 25.1 Å². The van der Waals surface area contributed by atoms with E-state index in [0.717, 1.165) is 30.5 Å². The monoisotopic (exact) mass is 555 g/mol. The molecule has 2 aromatic carbocycles. The van der Waals surface area contributed by atoms with Gasteiger partial charge in [-0.3, -0.25) is 14.5 Å². The number of rotatable bonds is 13. The SMILES string of the molecule is CNC(=O)C(CCC=O)N(C=O)Cc1c(C)cccc1OCc1ccc(CN2CC(C)(C)OC(C)(C)C2)cc1F. The van der Waals surface area contributed by atoms with Gasteiger partial charge in [0.25, 0.3) is 0 Å². The van der Waals surface area contributed by atoms with Crippen molar-refractivity contribution in [3.05, 3.63) is 64.5 Å². The topological polar surface area (TPSA) is 88.2 Å². The molecule has 0 saturated carbocycles. The number of aldehydes is 1. The lowest BCUT2D eigenvalue weighted by Gasteiger charge is -2.47. The van der Waals surface area contributed by atoms with Gasteiger partial charge in [0.15, 0.2) is 0 Å². The van der Waals surface area contributed by atoms with E-state index in [2.05, 4.69) is 37.9 Å². The summed E-state index contributed by atoms with van der Waals surface area (Å²) in [7, 11) is 1.49. The average Bonchev–Trinajstić information content (AvgIpc) is 2.86. The lowest BCUT2D eigenvalue weighted by atomic mass is 9.98. The number of ether oxygens (including phenoxy) is 2. The summed E-state index contributed by atoms with van der Waals surface area (Å²) in [6.07, 6.45) is 1.69. The summed E-state index contributed by atoms with van der Waals surface area (Å²) in [4.78, 5) is 39.0. The van der Waals surface area contributed by atoms with Crippen LogP contribution in [0.15, 0.2) is 36.4 Å². The zero-order chi connectivity index (χ0) is 29.5. The highest BCUT2D eigenvalue weighted by Gasteiger charge is 2.38. The highest BCUT2D eigenvalue weighted by atomic mass is 19.1. The van der Waals surface area contributed by atoms with Gasteiger partial charge in [0.2, 0.25) is 12.3 Å². The molecule has 1 heterocycles. The van der Waals surface area contributed by atoms with Gasteiger partial charge in [-0.1, -0.05) is 24.3 Å². The number of hydrogen-bond donors (Lipinski definition) is 1. The van der Waals surface area contributed by atoms with E-state index in [1.54, 1.807) is 18.2 Å². The summed E-state index contributed by atoms with van der Waals surface area (Å²) in [5.74, 6) is -0.197. The van der Waals surface area contributed by atoms with Crippen LogP contribution in [0, 0.1) is 12.7 Å². The van der Waals surface area contributed by atoms with Gasteiger partial charge in [0, 0.05) is 44.2 Å². The van der Waals surface area contributed by atoms with Crippen molar-refractivity contribution >= 4 is 18.6 Å². The maximum Gasteiger partial charge on any atom is 0.242 e. The van der Waals surface area contributed by atoms with E-state index in [4.69, 9.17) is 9.47 Å². The van der Waals surface area contributed by atoms with Crippen LogP contribution >= 0.6 is 0 Å². The highest BCUT2D eigenvalue weighted by Crippen LogP contribution is 2.30. The van der Waals surface area contributed by atoms with Crippen LogP contribution < -0.4 is 10.1 Å². The van der Waals surface area contributed by atoms with Gasteiger partial charge in [-0.15, -0.1) is 0 Å². The number of likely N-dealkylation sites (N-methyl/N-ethyl adjacent to an activating group) is 1. The molecular formula is C31H42FN3O5. The Morgan fingerprint density at radius 2 is 1.88 bits per heavy atom. The smallest absolute Gasteiger partial charge is 0.242 e. The van der Waals surface area contributed by atoms with Crippen LogP contribution in [0.3, 0.4) is 0 Å². The first-order valence-electron chi connectivity index (χ1n) is 13.7. The van der Waals surface area contributed by atoms with Crippen LogP contribution in [0.1, 0.15) is 62.8 Å². The van der Waals surface area contributed by atoms with Gasteiger partial charge < -0.3 is 24.5 Å². The molecule has 218 valence electrons. The number of hydrogen-bond acceptors (Lipinski definition) is 6. The van der Waals surface area contributed by atoms with Crippen molar-refractivity contribution in [3.63, 3.8) is 0 Å². The lowest BCUT2D eigenvalue weighted by molar-refractivity contribution is -0.182. The number of carbonyl (C=O) groups excluding carboxylic acids is 3. The summed E-state index contributed by atoms with van der Waals surface area (Å²) < 4.78 is 27.4. The van der Waals surface area contributed by atoms with Crippen molar-refractivity contribution < 1.29 is 28.2 Å². The third-order valence-corrected chi connectivity index (χ3v) is 7.02. The molecule has 1 N–H and O–H groups in total. The molecule has 0 aliphatic carbocycles. The summed E-state index contributed by atoms with van der Waals surface area (Å²) in [6, 6.07) is 9.90. The second-order valence-electron chi connectivity index (χ2n) is 11.7. The van der Waals surface area contributed by atoms with Gasteiger partial charge in [0.05, 0.1) is 17.7 Å². The van der Waals surface area contributed by atoms with E-state index in [1.165, 1.54) is 11.9 Å².